The van der Waals surface area contributed by atoms with Crippen molar-refractivity contribution in [2.24, 2.45) is 28.6 Å². The fourth-order valence-corrected chi connectivity index (χ4v) is 4.30. The van der Waals surface area contributed by atoms with E-state index in [1.54, 1.807) is 0 Å². The molecule has 5 atom stereocenters. The summed E-state index contributed by atoms with van der Waals surface area (Å²) in [5, 5.41) is 12.6. The predicted molar refractivity (Wildman–Crippen MR) is 74.7 cm³/mol. The summed E-state index contributed by atoms with van der Waals surface area (Å²) in [7, 11) is 0. The molecule has 1 N–H and O–H groups in total. The van der Waals surface area contributed by atoms with Crippen molar-refractivity contribution in [3.8, 4) is 6.07 Å². The van der Waals surface area contributed by atoms with E-state index in [0.29, 0.717) is 12.5 Å². The molecule has 5 nitrogen and oxygen atoms in total. The van der Waals surface area contributed by atoms with Gasteiger partial charge in [0.1, 0.15) is 6.10 Å². The van der Waals surface area contributed by atoms with E-state index >= 15 is 0 Å². The molecule has 0 spiro atoms. The van der Waals surface area contributed by atoms with Gasteiger partial charge in [0.05, 0.1) is 6.07 Å². The molecule has 2 saturated carbocycles. The average Bonchev–Trinajstić information content (AvgIpc) is 3.04. The molecule has 21 heavy (non-hydrogen) atoms. The largest absolute Gasteiger partial charge is 0.461 e. The molecule has 3 fully saturated rings. The van der Waals surface area contributed by atoms with Gasteiger partial charge in [-0.15, -0.1) is 0 Å². The lowest BCUT2D eigenvalue weighted by molar-refractivity contribution is -0.147. The van der Waals surface area contributed by atoms with Gasteiger partial charge in [-0.2, -0.15) is 5.26 Å². The van der Waals surface area contributed by atoms with Crippen LogP contribution in [0.1, 0.15) is 40.0 Å². The van der Waals surface area contributed by atoms with Gasteiger partial charge in [-0.3, -0.25) is 9.59 Å². The van der Waals surface area contributed by atoms with E-state index in [1.165, 1.54) is 0 Å². The molecular weight excluding hydrogens is 268 g/mol. The molecule has 3 rings (SSSR count). The minimum atomic E-state index is -1.02. The second kappa shape index (κ2) is 4.46. The van der Waals surface area contributed by atoms with Crippen LogP contribution in [-0.2, 0) is 14.3 Å². The monoisotopic (exact) mass is 290 g/mol. The number of fused-ring (bicyclic) bond motifs is 1. The van der Waals surface area contributed by atoms with E-state index in [1.807, 2.05) is 20.8 Å². The maximum atomic E-state index is 12.2. The molecule has 1 heterocycles. The first-order valence-corrected chi connectivity index (χ1v) is 7.77. The third kappa shape index (κ3) is 1.74. The zero-order valence-corrected chi connectivity index (χ0v) is 12.8. The number of esters is 1. The molecule has 0 aromatic rings. The number of hydrogen-bond donors (Lipinski definition) is 1. The number of ether oxygens (including phenoxy) is 1. The van der Waals surface area contributed by atoms with Crippen molar-refractivity contribution in [2.45, 2.75) is 46.1 Å². The van der Waals surface area contributed by atoms with Crippen LogP contribution in [0.4, 0.5) is 0 Å². The van der Waals surface area contributed by atoms with Gasteiger partial charge < -0.3 is 10.1 Å². The van der Waals surface area contributed by atoms with Gasteiger partial charge in [-0.05, 0) is 25.2 Å². The molecule has 0 aromatic carbocycles. The number of carbonyl (C=O) groups excluding carboxylic acids is 2. The van der Waals surface area contributed by atoms with Gasteiger partial charge in [-0.1, -0.05) is 20.8 Å². The first-order valence-electron chi connectivity index (χ1n) is 7.77. The van der Waals surface area contributed by atoms with E-state index in [0.717, 1.165) is 19.3 Å². The van der Waals surface area contributed by atoms with Crippen molar-refractivity contribution < 1.29 is 14.3 Å². The van der Waals surface area contributed by atoms with Crippen LogP contribution in [0.2, 0.25) is 0 Å². The second-order valence-corrected chi connectivity index (χ2v) is 7.32. The highest BCUT2D eigenvalue weighted by molar-refractivity contribution is 5.85. The van der Waals surface area contributed by atoms with Crippen molar-refractivity contribution >= 4 is 11.9 Å². The third-order valence-corrected chi connectivity index (χ3v) is 6.04. The molecule has 3 aliphatic rings. The topological polar surface area (TPSA) is 79.2 Å². The van der Waals surface area contributed by atoms with Crippen molar-refractivity contribution in [3.63, 3.8) is 0 Å². The Bertz CT molecular complexity index is 536. The number of amides is 1. The molecule has 5 unspecified atom stereocenters. The van der Waals surface area contributed by atoms with Gasteiger partial charge in [-0.25, -0.2) is 0 Å². The number of nitrogens with one attached hydrogen (secondary N) is 1. The second-order valence-electron chi connectivity index (χ2n) is 7.32. The predicted octanol–water partition coefficient (Wildman–Crippen LogP) is 1.63. The molecular formula is C16H22N2O3. The summed E-state index contributed by atoms with van der Waals surface area (Å²) in [6, 6.07) is 2.25. The van der Waals surface area contributed by atoms with Crippen LogP contribution in [0.15, 0.2) is 0 Å². The van der Waals surface area contributed by atoms with E-state index in [9.17, 15) is 14.9 Å². The van der Waals surface area contributed by atoms with Crippen LogP contribution in [0.25, 0.3) is 0 Å². The van der Waals surface area contributed by atoms with Crippen LogP contribution >= 0.6 is 0 Å². The van der Waals surface area contributed by atoms with Crippen LogP contribution in [0, 0.1) is 39.9 Å². The Kier molecular flexibility index (Phi) is 3.05. The van der Waals surface area contributed by atoms with Crippen molar-refractivity contribution in [1.29, 1.82) is 5.26 Å². The first kappa shape index (κ1) is 14.4. The smallest absolute Gasteiger partial charge is 0.327 e. The van der Waals surface area contributed by atoms with Gasteiger partial charge in [0.25, 0.3) is 0 Å². The number of nitrogens with zero attached hydrogens (tertiary/aromatic N) is 1. The summed E-state index contributed by atoms with van der Waals surface area (Å²) in [6.07, 6.45) is 2.41. The van der Waals surface area contributed by atoms with E-state index in [-0.39, 0.29) is 29.8 Å². The van der Waals surface area contributed by atoms with Crippen molar-refractivity contribution in [2.75, 3.05) is 6.54 Å². The summed E-state index contributed by atoms with van der Waals surface area (Å²) in [5.41, 5.74) is -1.44. The van der Waals surface area contributed by atoms with Crippen LogP contribution in [0.5, 0.6) is 0 Å². The highest BCUT2D eigenvalue weighted by Gasteiger charge is 2.72. The number of nitriles is 1. The number of carbonyl (C=O) groups is 2. The maximum Gasteiger partial charge on any atom is 0.327 e. The fraction of sp³-hybridized carbons (Fsp3) is 0.812. The first-order chi connectivity index (χ1) is 9.86. The SMILES string of the molecule is CCC(C)(C)C(=O)NCC1C2CC3OC(=O)C1(C#N)C3C2. The normalized spacial score (nSPS) is 40.0. The van der Waals surface area contributed by atoms with Crippen LogP contribution in [-0.4, -0.2) is 24.5 Å². The lowest BCUT2D eigenvalue weighted by Gasteiger charge is -2.32. The molecule has 1 aliphatic heterocycles. The summed E-state index contributed by atoms with van der Waals surface area (Å²) in [5.74, 6) is -0.134. The Morgan fingerprint density at radius 2 is 2.24 bits per heavy atom. The number of rotatable bonds is 4. The minimum absolute atomic E-state index is 0.0104. The maximum absolute atomic E-state index is 12.2. The van der Waals surface area contributed by atoms with E-state index < -0.39 is 10.8 Å². The highest BCUT2D eigenvalue weighted by atomic mass is 16.6. The van der Waals surface area contributed by atoms with E-state index in [2.05, 4.69) is 11.4 Å². The highest BCUT2D eigenvalue weighted by Crippen LogP contribution is 2.64. The molecule has 0 aromatic heterocycles. The molecule has 5 heteroatoms. The Balaban J connectivity index is 1.76. The zero-order valence-electron chi connectivity index (χ0n) is 12.8. The standard InChI is InChI=1S/C16H22N2O3/c1-4-15(2,3)13(19)18-7-11-9-5-10-12(6-9)21-14(20)16(10,11)8-17/h9-12H,4-7H2,1-3H3,(H,18,19). The summed E-state index contributed by atoms with van der Waals surface area (Å²) in [4.78, 5) is 24.4. The van der Waals surface area contributed by atoms with Gasteiger partial charge in [0, 0.05) is 23.8 Å². The van der Waals surface area contributed by atoms with Crippen molar-refractivity contribution in [1.82, 2.24) is 5.32 Å². The summed E-state index contributed by atoms with van der Waals surface area (Å²) < 4.78 is 5.38. The lowest BCUT2D eigenvalue weighted by atomic mass is 9.68. The molecule has 2 bridgehead atoms. The third-order valence-electron chi connectivity index (χ3n) is 6.04. The van der Waals surface area contributed by atoms with Crippen LogP contribution < -0.4 is 5.32 Å². The van der Waals surface area contributed by atoms with Crippen molar-refractivity contribution in [3.05, 3.63) is 0 Å². The zero-order chi connectivity index (χ0) is 15.4. The van der Waals surface area contributed by atoms with Gasteiger partial charge in [0.2, 0.25) is 5.91 Å². The quantitative estimate of drug-likeness (QED) is 0.798. The summed E-state index contributed by atoms with van der Waals surface area (Å²) in [6.45, 7) is 6.19. The molecule has 114 valence electrons. The molecule has 0 radical (unpaired) electrons. The fourth-order valence-electron chi connectivity index (χ4n) is 4.30. The Hall–Kier alpha value is -1.57. The summed E-state index contributed by atoms with van der Waals surface area (Å²) >= 11 is 0. The average molecular weight is 290 g/mol. The lowest BCUT2D eigenvalue weighted by Crippen LogP contribution is -2.47. The van der Waals surface area contributed by atoms with E-state index in [4.69, 9.17) is 4.74 Å². The number of hydrogen-bond acceptors (Lipinski definition) is 4. The Morgan fingerprint density at radius 1 is 1.52 bits per heavy atom. The molecule has 2 aliphatic carbocycles. The molecule has 1 saturated heterocycles. The van der Waals surface area contributed by atoms with Gasteiger partial charge in [0.15, 0.2) is 5.41 Å². The Labute approximate surface area is 125 Å². The molecule has 1 amide bonds. The van der Waals surface area contributed by atoms with Crippen LogP contribution in [0.3, 0.4) is 0 Å². The Morgan fingerprint density at radius 3 is 2.86 bits per heavy atom. The minimum Gasteiger partial charge on any atom is -0.461 e. The van der Waals surface area contributed by atoms with Gasteiger partial charge >= 0.3 is 5.97 Å².